The largest absolute Gasteiger partial charge is 0.397 e. The number of likely N-dealkylation sites (N-methyl/N-ethyl adjacent to an activating group) is 1. The number of rotatable bonds is 1. The predicted molar refractivity (Wildman–Crippen MR) is 82.1 cm³/mol. The number of nitrogens with zero attached hydrogens (tertiary/aromatic N) is 2. The van der Waals surface area contributed by atoms with Crippen LogP contribution in [0.25, 0.3) is 0 Å². The number of hydrogen-bond acceptors (Lipinski definition) is 4. The molecule has 0 spiro atoms. The van der Waals surface area contributed by atoms with Gasteiger partial charge in [0, 0.05) is 24.8 Å². The number of carbonyl (C=O) groups is 1. The molecule has 1 atom stereocenters. The summed E-state index contributed by atoms with van der Waals surface area (Å²) < 4.78 is 0. The average molecular weight is 274 g/mol. The van der Waals surface area contributed by atoms with Crippen LogP contribution in [0, 0.1) is 0 Å². The molecule has 1 aromatic carbocycles. The van der Waals surface area contributed by atoms with E-state index in [2.05, 4.69) is 29.1 Å². The number of benzene rings is 1. The quantitative estimate of drug-likeness (QED) is 0.758. The Morgan fingerprint density at radius 3 is 2.95 bits per heavy atom. The van der Waals surface area contributed by atoms with Crippen LogP contribution >= 0.6 is 0 Å². The van der Waals surface area contributed by atoms with Crippen molar-refractivity contribution in [2.75, 3.05) is 42.6 Å². The number of nitrogens with two attached hydrogens (primary N) is 1. The number of nitrogen functional groups attached to an aromatic ring is 1. The maximum Gasteiger partial charge on any atom is 0.228 e. The van der Waals surface area contributed by atoms with Gasteiger partial charge in [-0.3, -0.25) is 4.79 Å². The minimum atomic E-state index is 0.0557. The van der Waals surface area contributed by atoms with E-state index in [9.17, 15) is 4.79 Å². The number of carbonyl (C=O) groups excluding carboxylic acids is 1. The lowest BCUT2D eigenvalue weighted by Gasteiger charge is -2.31. The van der Waals surface area contributed by atoms with Crippen molar-refractivity contribution < 1.29 is 4.79 Å². The highest BCUT2D eigenvalue weighted by Crippen LogP contribution is 2.35. The molecular formula is C15H22N4O. The summed E-state index contributed by atoms with van der Waals surface area (Å²) in [6, 6.07) is 4.40. The molecule has 20 heavy (non-hydrogen) atoms. The fraction of sp³-hybridized carbons (Fsp3) is 0.533. The SMILES string of the molecule is CC1CN(C)CCCN1c1cc2c(cc1N)CC(=O)N2. The summed E-state index contributed by atoms with van der Waals surface area (Å²) in [6.45, 7) is 5.38. The van der Waals surface area contributed by atoms with Gasteiger partial charge in [0.15, 0.2) is 0 Å². The van der Waals surface area contributed by atoms with Gasteiger partial charge < -0.3 is 20.9 Å². The number of nitrogens with one attached hydrogen (secondary N) is 1. The van der Waals surface area contributed by atoms with E-state index in [0.29, 0.717) is 12.5 Å². The summed E-state index contributed by atoms with van der Waals surface area (Å²) in [5, 5.41) is 2.91. The fourth-order valence-corrected chi connectivity index (χ4v) is 3.26. The van der Waals surface area contributed by atoms with Gasteiger partial charge >= 0.3 is 0 Å². The molecule has 0 bridgehead atoms. The molecule has 2 aliphatic heterocycles. The third-order valence-electron chi connectivity index (χ3n) is 4.23. The van der Waals surface area contributed by atoms with E-state index in [0.717, 1.165) is 48.7 Å². The zero-order chi connectivity index (χ0) is 14.3. The first kappa shape index (κ1) is 13.2. The van der Waals surface area contributed by atoms with E-state index in [-0.39, 0.29) is 5.91 Å². The molecule has 0 aliphatic carbocycles. The van der Waals surface area contributed by atoms with Gasteiger partial charge in [-0.15, -0.1) is 0 Å². The van der Waals surface area contributed by atoms with Crippen LogP contribution in [0.3, 0.4) is 0 Å². The van der Waals surface area contributed by atoms with Gasteiger partial charge in [0.2, 0.25) is 5.91 Å². The van der Waals surface area contributed by atoms with Crippen LogP contribution in [0.5, 0.6) is 0 Å². The highest BCUT2D eigenvalue weighted by molar-refractivity contribution is 6.01. The number of anilines is 3. The van der Waals surface area contributed by atoms with Crippen molar-refractivity contribution >= 4 is 23.0 Å². The first-order valence-corrected chi connectivity index (χ1v) is 7.22. The summed E-state index contributed by atoms with van der Waals surface area (Å²) >= 11 is 0. The van der Waals surface area contributed by atoms with Crippen LogP contribution in [0.4, 0.5) is 17.1 Å². The summed E-state index contributed by atoms with van der Waals surface area (Å²) in [5.74, 6) is 0.0557. The normalized spacial score (nSPS) is 23.4. The van der Waals surface area contributed by atoms with Crippen LogP contribution < -0.4 is 16.0 Å². The van der Waals surface area contributed by atoms with Crippen molar-refractivity contribution in [2.45, 2.75) is 25.8 Å². The molecule has 0 saturated carbocycles. The van der Waals surface area contributed by atoms with Crippen LogP contribution in [-0.2, 0) is 11.2 Å². The molecule has 1 saturated heterocycles. The lowest BCUT2D eigenvalue weighted by atomic mass is 10.1. The third kappa shape index (κ3) is 2.33. The molecule has 1 fully saturated rings. The fourth-order valence-electron chi connectivity index (χ4n) is 3.26. The molecule has 5 heteroatoms. The Hall–Kier alpha value is -1.75. The topological polar surface area (TPSA) is 61.6 Å². The zero-order valence-corrected chi connectivity index (χ0v) is 12.1. The van der Waals surface area contributed by atoms with Gasteiger partial charge in [-0.2, -0.15) is 0 Å². The van der Waals surface area contributed by atoms with Gasteiger partial charge in [-0.1, -0.05) is 0 Å². The second-order valence-corrected chi connectivity index (χ2v) is 5.95. The molecule has 108 valence electrons. The average Bonchev–Trinajstić information content (AvgIpc) is 2.63. The van der Waals surface area contributed by atoms with E-state index in [1.807, 2.05) is 12.1 Å². The summed E-state index contributed by atoms with van der Waals surface area (Å²) in [5.41, 5.74) is 9.98. The van der Waals surface area contributed by atoms with E-state index in [1.54, 1.807) is 0 Å². The molecule has 1 aromatic rings. The minimum absolute atomic E-state index is 0.0557. The Morgan fingerprint density at radius 2 is 2.15 bits per heavy atom. The highest BCUT2D eigenvalue weighted by atomic mass is 16.1. The van der Waals surface area contributed by atoms with E-state index >= 15 is 0 Å². The molecule has 0 aromatic heterocycles. The molecule has 5 nitrogen and oxygen atoms in total. The maximum atomic E-state index is 11.5. The maximum absolute atomic E-state index is 11.5. The van der Waals surface area contributed by atoms with Crippen LogP contribution in [0.15, 0.2) is 12.1 Å². The number of amides is 1. The van der Waals surface area contributed by atoms with Gasteiger partial charge in [-0.05, 0) is 44.6 Å². The zero-order valence-electron chi connectivity index (χ0n) is 12.1. The van der Waals surface area contributed by atoms with Crippen molar-refractivity contribution in [3.8, 4) is 0 Å². The Morgan fingerprint density at radius 1 is 1.35 bits per heavy atom. The minimum Gasteiger partial charge on any atom is -0.397 e. The standard InChI is InChI=1S/C15H22N4O/c1-10-9-18(2)4-3-5-19(10)14-8-13-11(6-12(14)16)7-15(20)17-13/h6,8,10H,3-5,7,9,16H2,1-2H3,(H,17,20). The number of hydrogen-bond donors (Lipinski definition) is 2. The summed E-state index contributed by atoms with van der Waals surface area (Å²) in [4.78, 5) is 16.2. The van der Waals surface area contributed by atoms with E-state index < -0.39 is 0 Å². The summed E-state index contributed by atoms with van der Waals surface area (Å²) in [7, 11) is 2.16. The Kier molecular flexibility index (Phi) is 3.30. The highest BCUT2D eigenvalue weighted by Gasteiger charge is 2.25. The smallest absolute Gasteiger partial charge is 0.228 e. The van der Waals surface area contributed by atoms with Crippen molar-refractivity contribution in [1.29, 1.82) is 0 Å². The first-order valence-electron chi connectivity index (χ1n) is 7.22. The summed E-state index contributed by atoms with van der Waals surface area (Å²) in [6.07, 6.45) is 1.57. The molecule has 3 rings (SSSR count). The molecule has 2 aliphatic rings. The van der Waals surface area contributed by atoms with Gasteiger partial charge in [0.05, 0.1) is 17.8 Å². The van der Waals surface area contributed by atoms with Crippen molar-refractivity contribution in [1.82, 2.24) is 4.90 Å². The molecule has 1 amide bonds. The lowest BCUT2D eigenvalue weighted by Crippen LogP contribution is -2.38. The molecule has 2 heterocycles. The Labute approximate surface area is 119 Å². The number of fused-ring (bicyclic) bond motifs is 1. The predicted octanol–water partition coefficient (Wildman–Crippen LogP) is 1.29. The van der Waals surface area contributed by atoms with Gasteiger partial charge in [-0.25, -0.2) is 0 Å². The van der Waals surface area contributed by atoms with Gasteiger partial charge in [0.1, 0.15) is 0 Å². The lowest BCUT2D eigenvalue weighted by molar-refractivity contribution is -0.115. The van der Waals surface area contributed by atoms with Crippen LogP contribution in [0.2, 0.25) is 0 Å². The third-order valence-corrected chi connectivity index (χ3v) is 4.23. The van der Waals surface area contributed by atoms with Crippen molar-refractivity contribution in [2.24, 2.45) is 0 Å². The Balaban J connectivity index is 1.93. The van der Waals surface area contributed by atoms with Crippen LogP contribution in [-0.4, -0.2) is 43.5 Å². The molecule has 1 unspecified atom stereocenters. The van der Waals surface area contributed by atoms with E-state index in [4.69, 9.17) is 5.73 Å². The van der Waals surface area contributed by atoms with Crippen molar-refractivity contribution in [3.05, 3.63) is 17.7 Å². The molecule has 3 N–H and O–H groups in total. The first-order chi connectivity index (χ1) is 9.54. The van der Waals surface area contributed by atoms with Crippen molar-refractivity contribution in [3.63, 3.8) is 0 Å². The second-order valence-electron chi connectivity index (χ2n) is 5.95. The second kappa shape index (κ2) is 4.98. The molecular weight excluding hydrogens is 252 g/mol. The monoisotopic (exact) mass is 274 g/mol. The van der Waals surface area contributed by atoms with Crippen LogP contribution in [0.1, 0.15) is 18.9 Å². The van der Waals surface area contributed by atoms with E-state index in [1.165, 1.54) is 0 Å². The molecule has 0 radical (unpaired) electrons. The van der Waals surface area contributed by atoms with Gasteiger partial charge in [0.25, 0.3) is 0 Å². The Bertz CT molecular complexity index is 543.